The zero-order valence-corrected chi connectivity index (χ0v) is 10.5. The van der Waals surface area contributed by atoms with Gasteiger partial charge in [0.25, 0.3) is 0 Å². The van der Waals surface area contributed by atoms with E-state index >= 15 is 0 Å². The van der Waals surface area contributed by atoms with Crippen LogP contribution in [0.3, 0.4) is 0 Å². The van der Waals surface area contributed by atoms with Crippen molar-refractivity contribution in [2.75, 3.05) is 18.0 Å². The Morgan fingerprint density at radius 3 is 2.72 bits per heavy atom. The number of nitrogens with zero attached hydrogens (tertiary/aromatic N) is 1. The van der Waals surface area contributed by atoms with Crippen molar-refractivity contribution in [2.45, 2.75) is 32.1 Å². The van der Waals surface area contributed by atoms with Crippen LogP contribution in [-0.4, -0.2) is 18.9 Å². The number of rotatable bonds is 0. The molecule has 1 aromatic carbocycles. The van der Waals surface area contributed by atoms with Gasteiger partial charge < -0.3 is 4.90 Å². The fourth-order valence-electron chi connectivity index (χ4n) is 3.72. The molecule has 0 unspecified atom stereocenters. The van der Waals surface area contributed by atoms with E-state index in [1.807, 2.05) is 6.08 Å². The Morgan fingerprint density at radius 2 is 1.83 bits per heavy atom. The molecule has 92 valence electrons. The van der Waals surface area contributed by atoms with Crippen molar-refractivity contribution in [3.8, 4) is 0 Å². The van der Waals surface area contributed by atoms with E-state index in [9.17, 15) is 4.79 Å². The van der Waals surface area contributed by atoms with Crippen molar-refractivity contribution in [2.24, 2.45) is 0 Å². The summed E-state index contributed by atoms with van der Waals surface area (Å²) in [5, 5.41) is 0. The molecular formula is C16H17NO. The van der Waals surface area contributed by atoms with Gasteiger partial charge in [0.1, 0.15) is 0 Å². The highest BCUT2D eigenvalue weighted by Gasteiger charge is 2.28. The summed E-state index contributed by atoms with van der Waals surface area (Å²) >= 11 is 0. The van der Waals surface area contributed by atoms with Gasteiger partial charge in [-0.3, -0.25) is 4.79 Å². The van der Waals surface area contributed by atoms with Crippen molar-refractivity contribution in [1.82, 2.24) is 0 Å². The van der Waals surface area contributed by atoms with Crippen molar-refractivity contribution < 1.29 is 4.79 Å². The second-order valence-corrected chi connectivity index (χ2v) is 5.60. The van der Waals surface area contributed by atoms with Gasteiger partial charge in [0.05, 0.1) is 0 Å². The number of hydrogen-bond donors (Lipinski definition) is 0. The Kier molecular flexibility index (Phi) is 2.14. The number of ketones is 1. The minimum atomic E-state index is 0.256. The van der Waals surface area contributed by atoms with E-state index in [0.29, 0.717) is 6.42 Å². The van der Waals surface area contributed by atoms with E-state index in [1.165, 1.54) is 60.3 Å². The van der Waals surface area contributed by atoms with Gasteiger partial charge in [-0.15, -0.1) is 0 Å². The van der Waals surface area contributed by atoms with Crippen LogP contribution in [-0.2, 0) is 24.1 Å². The quantitative estimate of drug-likeness (QED) is 0.693. The summed E-state index contributed by atoms with van der Waals surface area (Å²) in [6.45, 7) is 2.39. The molecule has 0 bridgehead atoms. The molecule has 0 aromatic heterocycles. The summed E-state index contributed by atoms with van der Waals surface area (Å²) in [5.41, 5.74) is 7.08. The van der Waals surface area contributed by atoms with Gasteiger partial charge in [0.15, 0.2) is 5.78 Å². The van der Waals surface area contributed by atoms with Gasteiger partial charge in [0.2, 0.25) is 0 Å². The van der Waals surface area contributed by atoms with E-state index in [1.54, 1.807) is 6.08 Å². The molecule has 0 atom stereocenters. The van der Waals surface area contributed by atoms with E-state index < -0.39 is 0 Å². The van der Waals surface area contributed by atoms with Crippen molar-refractivity contribution in [3.05, 3.63) is 34.4 Å². The van der Waals surface area contributed by atoms with Crippen molar-refractivity contribution >= 4 is 17.5 Å². The van der Waals surface area contributed by atoms with Crippen LogP contribution in [0.25, 0.3) is 6.08 Å². The minimum Gasteiger partial charge on any atom is -0.371 e. The number of aryl methyl sites for hydroxylation is 1. The van der Waals surface area contributed by atoms with Gasteiger partial charge >= 0.3 is 0 Å². The largest absolute Gasteiger partial charge is 0.371 e. The van der Waals surface area contributed by atoms with Gasteiger partial charge in [0, 0.05) is 25.2 Å². The average Bonchev–Trinajstić information content (AvgIpc) is 2.40. The van der Waals surface area contributed by atoms with Crippen molar-refractivity contribution in [3.63, 3.8) is 0 Å². The number of carbonyl (C=O) groups is 1. The maximum atomic E-state index is 11.7. The molecule has 0 radical (unpaired) electrons. The molecule has 0 amide bonds. The zero-order valence-electron chi connectivity index (χ0n) is 10.5. The second kappa shape index (κ2) is 3.71. The smallest absolute Gasteiger partial charge is 0.160 e. The van der Waals surface area contributed by atoms with Gasteiger partial charge in [-0.2, -0.15) is 0 Å². The third kappa shape index (κ3) is 1.38. The SMILES string of the molecule is O=C1C=Cc2cc3c4c(c2C1)CCCN4CCC3. The molecule has 1 aliphatic carbocycles. The Morgan fingerprint density at radius 1 is 1.00 bits per heavy atom. The van der Waals surface area contributed by atoms with Gasteiger partial charge in [-0.25, -0.2) is 0 Å². The van der Waals surface area contributed by atoms with E-state index in [2.05, 4.69) is 11.0 Å². The molecule has 3 aliphatic rings. The molecule has 18 heavy (non-hydrogen) atoms. The Bertz CT molecular complexity index is 569. The molecule has 2 heteroatoms. The molecule has 4 rings (SSSR count). The summed E-state index contributed by atoms with van der Waals surface area (Å²) < 4.78 is 0. The molecule has 2 nitrogen and oxygen atoms in total. The molecule has 0 saturated heterocycles. The van der Waals surface area contributed by atoms with E-state index in [4.69, 9.17) is 0 Å². The normalized spacial score (nSPS) is 20.7. The topological polar surface area (TPSA) is 20.3 Å². The maximum Gasteiger partial charge on any atom is 0.160 e. The van der Waals surface area contributed by atoms with Gasteiger partial charge in [-0.1, -0.05) is 6.08 Å². The zero-order chi connectivity index (χ0) is 12.1. The minimum absolute atomic E-state index is 0.256. The van der Waals surface area contributed by atoms with Gasteiger partial charge in [-0.05, 0) is 60.1 Å². The molecule has 2 heterocycles. The molecular weight excluding hydrogens is 222 g/mol. The maximum absolute atomic E-state index is 11.7. The number of anilines is 1. The first-order chi connectivity index (χ1) is 8.83. The first-order valence-electron chi connectivity index (χ1n) is 6.96. The van der Waals surface area contributed by atoms with Crippen LogP contribution in [0.1, 0.15) is 35.1 Å². The lowest BCUT2D eigenvalue weighted by atomic mass is 9.82. The molecule has 0 N–H and O–H groups in total. The van der Waals surface area contributed by atoms with E-state index in [-0.39, 0.29) is 5.78 Å². The standard InChI is InChI=1S/C16H17NO/c18-13-6-5-11-9-12-3-1-7-17-8-2-4-14(16(12)17)15(11)10-13/h5-6,9H,1-4,7-8,10H2. The number of carbonyl (C=O) groups excluding carboxylic acids is 1. The number of fused-ring (bicyclic) bond motifs is 2. The summed E-state index contributed by atoms with van der Waals surface area (Å²) in [6.07, 6.45) is 9.24. The summed E-state index contributed by atoms with van der Waals surface area (Å²) in [4.78, 5) is 14.2. The van der Waals surface area contributed by atoms with Crippen LogP contribution in [0.5, 0.6) is 0 Å². The molecule has 0 saturated carbocycles. The lowest BCUT2D eigenvalue weighted by Crippen LogP contribution is -2.35. The predicted octanol–water partition coefficient (Wildman–Crippen LogP) is 2.52. The third-order valence-electron chi connectivity index (χ3n) is 4.48. The van der Waals surface area contributed by atoms with Crippen molar-refractivity contribution in [1.29, 1.82) is 0 Å². The van der Waals surface area contributed by atoms with Crippen LogP contribution in [0.15, 0.2) is 12.1 Å². The predicted molar refractivity (Wildman–Crippen MR) is 73.0 cm³/mol. The number of hydrogen-bond acceptors (Lipinski definition) is 2. The summed E-state index contributed by atoms with van der Waals surface area (Å²) in [5.74, 6) is 0.256. The molecule has 1 aromatic rings. The fourth-order valence-corrected chi connectivity index (χ4v) is 3.72. The number of benzene rings is 1. The van der Waals surface area contributed by atoms with Crippen LogP contribution in [0.4, 0.5) is 5.69 Å². The highest BCUT2D eigenvalue weighted by atomic mass is 16.1. The first kappa shape index (κ1) is 10.4. The highest BCUT2D eigenvalue weighted by Crippen LogP contribution is 2.40. The first-order valence-corrected chi connectivity index (χ1v) is 6.96. The molecule has 0 fully saturated rings. The summed E-state index contributed by atoms with van der Waals surface area (Å²) in [7, 11) is 0. The number of allylic oxidation sites excluding steroid dienone is 1. The third-order valence-corrected chi connectivity index (χ3v) is 4.48. The molecule has 2 aliphatic heterocycles. The van der Waals surface area contributed by atoms with Crippen LogP contribution >= 0.6 is 0 Å². The molecule has 0 spiro atoms. The van der Waals surface area contributed by atoms with Crippen LogP contribution in [0, 0.1) is 0 Å². The fraction of sp³-hybridized carbons (Fsp3) is 0.438. The second-order valence-electron chi connectivity index (χ2n) is 5.60. The summed E-state index contributed by atoms with van der Waals surface area (Å²) in [6, 6.07) is 2.33. The van der Waals surface area contributed by atoms with E-state index in [0.717, 1.165) is 6.42 Å². The van der Waals surface area contributed by atoms with Crippen LogP contribution in [0.2, 0.25) is 0 Å². The van der Waals surface area contributed by atoms with Crippen LogP contribution < -0.4 is 4.90 Å². The Balaban J connectivity index is 1.98. The Labute approximate surface area is 107 Å². The lowest BCUT2D eigenvalue weighted by Gasteiger charge is -2.38. The highest BCUT2D eigenvalue weighted by molar-refractivity contribution is 5.99. The monoisotopic (exact) mass is 239 g/mol. The lowest BCUT2D eigenvalue weighted by molar-refractivity contribution is -0.114. The average molecular weight is 239 g/mol. The Hall–Kier alpha value is -1.57.